The van der Waals surface area contributed by atoms with Crippen LogP contribution in [0, 0.1) is 5.82 Å². The van der Waals surface area contributed by atoms with Gasteiger partial charge in [-0.2, -0.15) is 0 Å². The summed E-state index contributed by atoms with van der Waals surface area (Å²) in [5, 5.41) is 33.6. The Morgan fingerprint density at radius 1 is 1.26 bits per heavy atom. The number of ether oxygens (including phenoxy) is 1. The number of pyridine rings is 2. The molecule has 4 N–H and O–H groups in total. The standard InChI is InChI=1S/C24H27FN4O6/c1-28(2)8-7-26-22(33)17-20(32)18-19-21(35-24(12-30,13-31)11-29(19)23(17)34)15(10-27-18)9-14-3-5-16(25)6-4-14/h3-6,10,30-32H,7-9,11-13H2,1-2H3,(H,26,33). The summed E-state index contributed by atoms with van der Waals surface area (Å²) in [4.78, 5) is 32.4. The third-order valence-corrected chi connectivity index (χ3v) is 5.99. The summed E-state index contributed by atoms with van der Waals surface area (Å²) < 4.78 is 20.6. The van der Waals surface area contributed by atoms with E-state index in [1.165, 1.54) is 22.9 Å². The highest BCUT2D eigenvalue weighted by Crippen LogP contribution is 2.40. The lowest BCUT2D eigenvalue weighted by molar-refractivity contribution is -0.0511. The number of aliphatic hydroxyl groups is 2. The quantitative estimate of drug-likeness (QED) is 0.355. The molecular weight excluding hydrogens is 459 g/mol. The first-order valence-corrected chi connectivity index (χ1v) is 11.0. The molecule has 1 aromatic carbocycles. The molecule has 0 aliphatic carbocycles. The van der Waals surface area contributed by atoms with Crippen molar-refractivity contribution >= 4 is 16.9 Å². The number of nitrogens with one attached hydrogen (secondary N) is 1. The van der Waals surface area contributed by atoms with E-state index in [9.17, 15) is 29.3 Å². The normalized spacial score (nSPS) is 14.2. The number of carbonyl (C=O) groups excluding carboxylic acids is 1. The number of nitrogens with zero attached hydrogens (tertiary/aromatic N) is 3. The number of aromatic nitrogens is 2. The molecule has 11 heteroatoms. The Morgan fingerprint density at radius 2 is 1.94 bits per heavy atom. The van der Waals surface area contributed by atoms with E-state index >= 15 is 0 Å². The van der Waals surface area contributed by atoms with Gasteiger partial charge in [-0.25, -0.2) is 4.39 Å². The minimum Gasteiger partial charge on any atom is -0.505 e. The van der Waals surface area contributed by atoms with Gasteiger partial charge in [-0.3, -0.25) is 19.1 Å². The van der Waals surface area contributed by atoms with Gasteiger partial charge in [0.15, 0.2) is 17.1 Å². The van der Waals surface area contributed by atoms with Gasteiger partial charge in [-0.05, 0) is 31.8 Å². The molecule has 0 unspecified atom stereocenters. The Balaban J connectivity index is 1.88. The van der Waals surface area contributed by atoms with Crippen LogP contribution in [0.3, 0.4) is 0 Å². The van der Waals surface area contributed by atoms with Crippen LogP contribution in [0.25, 0.3) is 11.0 Å². The van der Waals surface area contributed by atoms with Crippen LogP contribution in [0.4, 0.5) is 4.39 Å². The van der Waals surface area contributed by atoms with E-state index in [0.29, 0.717) is 12.1 Å². The Kier molecular flexibility index (Phi) is 6.75. The van der Waals surface area contributed by atoms with Crippen molar-refractivity contribution in [2.24, 2.45) is 0 Å². The largest absolute Gasteiger partial charge is 0.505 e. The average Bonchev–Trinajstić information content (AvgIpc) is 2.84. The number of amides is 1. The average molecular weight is 487 g/mol. The molecule has 1 aliphatic heterocycles. The molecule has 3 aromatic rings. The maximum Gasteiger partial charge on any atom is 0.268 e. The number of halogens is 1. The molecule has 186 valence electrons. The fourth-order valence-electron chi connectivity index (χ4n) is 4.05. The van der Waals surface area contributed by atoms with Crippen molar-refractivity contribution in [3.63, 3.8) is 0 Å². The summed E-state index contributed by atoms with van der Waals surface area (Å²) in [5.74, 6) is -1.59. The lowest BCUT2D eigenvalue weighted by Gasteiger charge is -2.37. The molecule has 0 radical (unpaired) electrons. The first-order valence-electron chi connectivity index (χ1n) is 11.0. The van der Waals surface area contributed by atoms with Gasteiger partial charge in [0, 0.05) is 31.3 Å². The van der Waals surface area contributed by atoms with E-state index in [1.54, 1.807) is 12.1 Å². The lowest BCUT2D eigenvalue weighted by Crippen LogP contribution is -2.52. The number of likely N-dealkylation sites (N-methyl/N-ethyl adjacent to an activating group) is 1. The highest BCUT2D eigenvalue weighted by Gasteiger charge is 2.40. The molecule has 10 nitrogen and oxygen atoms in total. The third-order valence-electron chi connectivity index (χ3n) is 5.99. The Labute approximate surface area is 200 Å². The fourth-order valence-corrected chi connectivity index (χ4v) is 4.05. The number of benzene rings is 1. The van der Waals surface area contributed by atoms with E-state index in [1.807, 2.05) is 19.0 Å². The summed E-state index contributed by atoms with van der Waals surface area (Å²) in [7, 11) is 3.66. The number of carbonyl (C=O) groups is 1. The van der Waals surface area contributed by atoms with Crippen LogP contribution in [-0.2, 0) is 13.0 Å². The predicted octanol–water partition coefficient (Wildman–Crippen LogP) is 0.239. The molecule has 0 bridgehead atoms. The van der Waals surface area contributed by atoms with Gasteiger partial charge >= 0.3 is 0 Å². The van der Waals surface area contributed by atoms with Gasteiger partial charge in [0.2, 0.25) is 0 Å². The van der Waals surface area contributed by atoms with Crippen LogP contribution in [-0.4, -0.2) is 81.7 Å². The molecule has 0 saturated heterocycles. The second kappa shape index (κ2) is 9.61. The van der Waals surface area contributed by atoms with Crippen LogP contribution < -0.4 is 15.6 Å². The van der Waals surface area contributed by atoms with Crippen molar-refractivity contribution < 1.29 is 29.2 Å². The molecule has 4 rings (SSSR count). The molecule has 3 heterocycles. The van der Waals surface area contributed by atoms with E-state index in [0.717, 1.165) is 5.56 Å². The molecule has 0 atom stereocenters. The van der Waals surface area contributed by atoms with Gasteiger partial charge in [-0.15, -0.1) is 0 Å². The molecule has 0 saturated carbocycles. The first kappa shape index (κ1) is 24.6. The van der Waals surface area contributed by atoms with E-state index in [2.05, 4.69) is 10.3 Å². The van der Waals surface area contributed by atoms with E-state index in [-0.39, 0.29) is 36.3 Å². The second-order valence-corrected chi connectivity index (χ2v) is 8.89. The maximum atomic E-state index is 13.4. The summed E-state index contributed by atoms with van der Waals surface area (Å²) >= 11 is 0. The Bertz CT molecular complexity index is 1320. The number of aliphatic hydroxyl groups excluding tert-OH is 2. The monoisotopic (exact) mass is 486 g/mol. The van der Waals surface area contributed by atoms with Crippen LogP contribution in [0.5, 0.6) is 11.5 Å². The zero-order valence-electron chi connectivity index (χ0n) is 19.4. The highest BCUT2D eigenvalue weighted by molar-refractivity contribution is 6.02. The summed E-state index contributed by atoms with van der Waals surface area (Å²) in [6.45, 7) is -0.711. The van der Waals surface area contributed by atoms with E-state index in [4.69, 9.17) is 4.74 Å². The Hall–Kier alpha value is -3.54. The maximum absolute atomic E-state index is 13.4. The van der Waals surface area contributed by atoms with Gasteiger partial charge in [0.1, 0.15) is 22.4 Å². The molecule has 0 fully saturated rings. The smallest absolute Gasteiger partial charge is 0.268 e. The molecule has 35 heavy (non-hydrogen) atoms. The SMILES string of the molecule is CN(C)CCNC(=O)c1c(O)c2ncc(Cc3ccc(F)cc3)c3c2n(c1=O)CC(CO)(CO)O3. The highest BCUT2D eigenvalue weighted by atomic mass is 19.1. The van der Waals surface area contributed by atoms with Crippen LogP contribution >= 0.6 is 0 Å². The lowest BCUT2D eigenvalue weighted by atomic mass is 9.99. The van der Waals surface area contributed by atoms with Crippen molar-refractivity contribution in [3.8, 4) is 11.5 Å². The van der Waals surface area contributed by atoms with Crippen molar-refractivity contribution in [1.82, 2.24) is 19.8 Å². The molecule has 0 spiro atoms. The zero-order chi connectivity index (χ0) is 25.3. The van der Waals surface area contributed by atoms with E-state index < -0.39 is 47.4 Å². The fraction of sp³-hybridized carbons (Fsp3) is 0.375. The third kappa shape index (κ3) is 4.57. The molecule has 1 amide bonds. The summed E-state index contributed by atoms with van der Waals surface area (Å²) in [6, 6.07) is 5.80. The van der Waals surface area contributed by atoms with Gasteiger partial charge in [0.25, 0.3) is 11.5 Å². The molecule has 2 aromatic heterocycles. The molecular formula is C24H27FN4O6. The second-order valence-electron chi connectivity index (χ2n) is 8.89. The van der Waals surface area contributed by atoms with Crippen LogP contribution in [0.2, 0.25) is 0 Å². The molecule has 1 aliphatic rings. The summed E-state index contributed by atoms with van der Waals surface area (Å²) in [5.41, 5.74) is -1.48. The summed E-state index contributed by atoms with van der Waals surface area (Å²) in [6.07, 6.45) is 1.67. The van der Waals surface area contributed by atoms with Gasteiger partial charge in [0.05, 0.1) is 19.8 Å². The number of hydrogen-bond donors (Lipinski definition) is 4. The minimum atomic E-state index is -1.54. The number of hydrogen-bond acceptors (Lipinski definition) is 8. The number of aromatic hydroxyl groups is 1. The topological polar surface area (TPSA) is 137 Å². The van der Waals surface area contributed by atoms with Gasteiger partial charge < -0.3 is 30.3 Å². The number of rotatable bonds is 8. The Morgan fingerprint density at radius 3 is 2.57 bits per heavy atom. The van der Waals surface area contributed by atoms with Crippen molar-refractivity contribution in [2.45, 2.75) is 18.6 Å². The minimum absolute atomic E-state index is 0.0234. The van der Waals surface area contributed by atoms with Crippen molar-refractivity contribution in [1.29, 1.82) is 0 Å². The zero-order valence-corrected chi connectivity index (χ0v) is 19.4. The van der Waals surface area contributed by atoms with Crippen molar-refractivity contribution in [2.75, 3.05) is 40.4 Å². The predicted molar refractivity (Wildman–Crippen MR) is 125 cm³/mol. The van der Waals surface area contributed by atoms with Crippen LogP contribution in [0.1, 0.15) is 21.5 Å². The van der Waals surface area contributed by atoms with Gasteiger partial charge in [-0.1, -0.05) is 12.1 Å². The first-order chi connectivity index (χ1) is 16.7. The van der Waals surface area contributed by atoms with Crippen molar-refractivity contribution in [3.05, 3.63) is 63.3 Å². The van der Waals surface area contributed by atoms with Crippen LogP contribution in [0.15, 0.2) is 35.3 Å².